The topological polar surface area (TPSA) is 22.1 Å². The number of ether oxygens (including phenoxy) is 1. The predicted octanol–water partition coefficient (Wildman–Crippen LogP) is 3.78. The average Bonchev–Trinajstić information content (AvgIpc) is 2.27. The van der Waals surface area contributed by atoms with Gasteiger partial charge >= 0.3 is 0 Å². The van der Waals surface area contributed by atoms with Gasteiger partial charge in [-0.25, -0.2) is 4.98 Å². The monoisotopic (exact) mass is 217 g/mol. The van der Waals surface area contributed by atoms with Crippen LogP contribution >= 0.6 is 0 Å². The molecule has 0 amide bonds. The zero-order valence-electron chi connectivity index (χ0n) is 10.4. The molecule has 0 N–H and O–H groups in total. The van der Waals surface area contributed by atoms with Crippen LogP contribution in [-0.4, -0.2) is 4.98 Å². The summed E-state index contributed by atoms with van der Waals surface area (Å²) in [7, 11) is 0. The van der Waals surface area contributed by atoms with E-state index in [0.29, 0.717) is 11.8 Å². The van der Waals surface area contributed by atoms with Crippen LogP contribution in [0.2, 0.25) is 0 Å². The van der Waals surface area contributed by atoms with E-state index >= 15 is 0 Å². The van der Waals surface area contributed by atoms with Crippen LogP contribution in [0.4, 0.5) is 0 Å². The summed E-state index contributed by atoms with van der Waals surface area (Å²) in [5, 5.41) is 0. The molecule has 1 aromatic heterocycles. The molecule has 0 saturated heterocycles. The summed E-state index contributed by atoms with van der Waals surface area (Å²) in [5.74, 6) is 1.74. The lowest BCUT2D eigenvalue weighted by atomic mass is 9.93. The van der Waals surface area contributed by atoms with Crippen molar-refractivity contribution in [2.75, 3.05) is 0 Å². The fourth-order valence-electron chi connectivity index (χ4n) is 2.03. The summed E-state index contributed by atoms with van der Waals surface area (Å²) in [5.41, 5.74) is 3.73. The number of fused-ring (bicyclic) bond motifs is 1. The number of nitrogens with zero attached hydrogens (tertiary/aromatic N) is 1. The summed E-state index contributed by atoms with van der Waals surface area (Å²) in [4.78, 5) is 4.66. The first-order valence-corrected chi connectivity index (χ1v) is 5.95. The molecule has 1 aliphatic heterocycles. The molecule has 0 aromatic carbocycles. The van der Waals surface area contributed by atoms with Crippen molar-refractivity contribution in [2.45, 2.75) is 46.0 Å². The zero-order valence-corrected chi connectivity index (χ0v) is 10.4. The van der Waals surface area contributed by atoms with Gasteiger partial charge < -0.3 is 4.74 Å². The standard InChI is InChI=1S/C14H19NO/c1-9(2)12-8-11-6-5-7-16-14(11)15-13(12)10(3)4/h5,7-10H,6H2,1-4H3. The Bertz CT molecular complexity index is 380. The van der Waals surface area contributed by atoms with Gasteiger partial charge in [0.15, 0.2) is 0 Å². The van der Waals surface area contributed by atoms with Gasteiger partial charge in [-0.3, -0.25) is 0 Å². The van der Waals surface area contributed by atoms with Crippen LogP contribution in [0.25, 0.3) is 0 Å². The van der Waals surface area contributed by atoms with Gasteiger partial charge in [0.2, 0.25) is 5.88 Å². The van der Waals surface area contributed by atoms with Crippen molar-refractivity contribution in [3.05, 3.63) is 35.2 Å². The summed E-state index contributed by atoms with van der Waals surface area (Å²) in [6.07, 6.45) is 4.69. The fraction of sp³-hybridized carbons (Fsp3) is 0.500. The number of rotatable bonds is 2. The van der Waals surface area contributed by atoms with Gasteiger partial charge in [-0.1, -0.05) is 27.7 Å². The van der Waals surface area contributed by atoms with Crippen molar-refractivity contribution in [3.8, 4) is 5.88 Å². The first kappa shape index (κ1) is 11.2. The van der Waals surface area contributed by atoms with Crippen LogP contribution < -0.4 is 4.74 Å². The summed E-state index contributed by atoms with van der Waals surface area (Å²) in [6.45, 7) is 8.79. The molecule has 2 heterocycles. The Hall–Kier alpha value is -1.31. The highest BCUT2D eigenvalue weighted by Gasteiger charge is 2.17. The van der Waals surface area contributed by atoms with Crippen molar-refractivity contribution in [2.24, 2.45) is 0 Å². The third-order valence-electron chi connectivity index (χ3n) is 2.90. The van der Waals surface area contributed by atoms with Gasteiger partial charge in [0.25, 0.3) is 0 Å². The second kappa shape index (κ2) is 4.28. The number of allylic oxidation sites excluding steroid dienone is 1. The molecular formula is C14H19NO. The Labute approximate surface area is 97.4 Å². The fourth-order valence-corrected chi connectivity index (χ4v) is 2.03. The Morgan fingerprint density at radius 1 is 1.19 bits per heavy atom. The van der Waals surface area contributed by atoms with Gasteiger partial charge in [0.05, 0.1) is 12.0 Å². The molecule has 0 aliphatic carbocycles. The molecule has 1 aliphatic rings. The third-order valence-corrected chi connectivity index (χ3v) is 2.90. The SMILES string of the molecule is CC(C)c1cc2c(nc1C(C)C)OC=CC2. The lowest BCUT2D eigenvalue weighted by Gasteiger charge is -2.19. The van der Waals surface area contributed by atoms with Crippen molar-refractivity contribution in [3.63, 3.8) is 0 Å². The molecule has 86 valence electrons. The Morgan fingerprint density at radius 3 is 2.56 bits per heavy atom. The largest absolute Gasteiger partial charge is 0.447 e. The highest BCUT2D eigenvalue weighted by Crippen LogP contribution is 2.31. The smallest absolute Gasteiger partial charge is 0.222 e. The minimum Gasteiger partial charge on any atom is -0.447 e. The minimum atomic E-state index is 0.442. The summed E-state index contributed by atoms with van der Waals surface area (Å²) in [6, 6.07) is 2.26. The number of aromatic nitrogens is 1. The van der Waals surface area contributed by atoms with E-state index in [1.807, 2.05) is 6.08 Å². The Morgan fingerprint density at radius 2 is 1.94 bits per heavy atom. The third kappa shape index (κ3) is 1.97. The van der Waals surface area contributed by atoms with E-state index in [1.165, 1.54) is 16.8 Å². The van der Waals surface area contributed by atoms with Crippen molar-refractivity contribution in [1.29, 1.82) is 0 Å². The van der Waals surface area contributed by atoms with Crippen LogP contribution in [0.5, 0.6) is 5.88 Å². The molecule has 0 fully saturated rings. The molecule has 0 atom stereocenters. The van der Waals surface area contributed by atoms with E-state index in [0.717, 1.165) is 12.3 Å². The van der Waals surface area contributed by atoms with Crippen molar-refractivity contribution >= 4 is 0 Å². The van der Waals surface area contributed by atoms with E-state index in [2.05, 4.69) is 38.7 Å². The highest BCUT2D eigenvalue weighted by molar-refractivity contribution is 5.40. The number of pyridine rings is 1. The predicted molar refractivity (Wildman–Crippen MR) is 65.9 cm³/mol. The first-order chi connectivity index (χ1) is 7.59. The summed E-state index contributed by atoms with van der Waals surface area (Å²) >= 11 is 0. The zero-order chi connectivity index (χ0) is 11.7. The molecule has 0 saturated carbocycles. The average molecular weight is 217 g/mol. The van der Waals surface area contributed by atoms with Crippen LogP contribution in [0, 0.1) is 0 Å². The van der Waals surface area contributed by atoms with Crippen molar-refractivity contribution < 1.29 is 4.74 Å². The second-order valence-corrected chi connectivity index (χ2v) is 4.93. The van der Waals surface area contributed by atoms with Crippen molar-refractivity contribution in [1.82, 2.24) is 4.98 Å². The van der Waals surface area contributed by atoms with E-state index < -0.39 is 0 Å². The second-order valence-electron chi connectivity index (χ2n) is 4.93. The molecule has 2 rings (SSSR count). The quantitative estimate of drug-likeness (QED) is 0.752. The highest BCUT2D eigenvalue weighted by atomic mass is 16.5. The van der Waals surface area contributed by atoms with E-state index in [-0.39, 0.29) is 0 Å². The molecule has 0 unspecified atom stereocenters. The molecule has 0 spiro atoms. The van der Waals surface area contributed by atoms with Gasteiger partial charge in [0.1, 0.15) is 0 Å². The molecule has 0 bridgehead atoms. The molecular weight excluding hydrogens is 198 g/mol. The maximum absolute atomic E-state index is 5.46. The van der Waals surface area contributed by atoms with Crippen LogP contribution in [-0.2, 0) is 6.42 Å². The Balaban J connectivity index is 2.52. The Kier molecular flexibility index (Phi) is 2.99. The summed E-state index contributed by atoms with van der Waals surface area (Å²) < 4.78 is 5.46. The van der Waals surface area contributed by atoms with Gasteiger partial charge in [-0.2, -0.15) is 0 Å². The molecule has 0 radical (unpaired) electrons. The molecule has 2 heteroatoms. The molecule has 1 aromatic rings. The lowest BCUT2D eigenvalue weighted by molar-refractivity contribution is 0.440. The van der Waals surface area contributed by atoms with E-state index in [1.54, 1.807) is 6.26 Å². The lowest BCUT2D eigenvalue weighted by Crippen LogP contribution is -2.08. The number of hydrogen-bond acceptors (Lipinski definition) is 2. The minimum absolute atomic E-state index is 0.442. The van der Waals surface area contributed by atoms with Gasteiger partial charge in [-0.15, -0.1) is 0 Å². The van der Waals surface area contributed by atoms with Crippen LogP contribution in [0.1, 0.15) is 56.4 Å². The first-order valence-electron chi connectivity index (χ1n) is 5.95. The normalized spacial score (nSPS) is 14.1. The van der Waals surface area contributed by atoms with Crippen LogP contribution in [0.3, 0.4) is 0 Å². The van der Waals surface area contributed by atoms with Gasteiger partial charge in [0, 0.05) is 5.56 Å². The molecule has 2 nitrogen and oxygen atoms in total. The van der Waals surface area contributed by atoms with Crippen LogP contribution in [0.15, 0.2) is 18.4 Å². The number of hydrogen-bond donors (Lipinski definition) is 0. The maximum atomic E-state index is 5.46. The van der Waals surface area contributed by atoms with E-state index in [9.17, 15) is 0 Å². The molecule has 16 heavy (non-hydrogen) atoms. The van der Waals surface area contributed by atoms with E-state index in [4.69, 9.17) is 4.74 Å². The van der Waals surface area contributed by atoms with Gasteiger partial charge in [-0.05, 0) is 36.0 Å². The maximum Gasteiger partial charge on any atom is 0.222 e.